The van der Waals surface area contributed by atoms with Crippen LogP contribution in [0.4, 0.5) is 0 Å². The molecule has 0 radical (unpaired) electrons. The highest BCUT2D eigenvalue weighted by Gasteiger charge is 2.17. The van der Waals surface area contributed by atoms with E-state index in [1.54, 1.807) is 31.2 Å². The number of hydrogen-bond donors (Lipinski definition) is 2. The maximum atomic E-state index is 12.4. The average Bonchev–Trinajstić information content (AvgIpc) is 2.66. The zero-order chi connectivity index (χ0) is 20.7. The lowest BCUT2D eigenvalue weighted by Crippen LogP contribution is -2.38. The van der Waals surface area contributed by atoms with Gasteiger partial charge in [-0.25, -0.2) is 13.1 Å². The molecule has 6 nitrogen and oxygen atoms in total. The van der Waals surface area contributed by atoms with Crippen LogP contribution in [-0.2, 0) is 21.4 Å². The summed E-state index contributed by atoms with van der Waals surface area (Å²) in [5.41, 5.74) is 0.800. The number of carbonyl (C=O) groups is 1. The summed E-state index contributed by atoms with van der Waals surface area (Å²) in [4.78, 5) is 12.1. The Kier molecular flexibility index (Phi) is 7.86. The van der Waals surface area contributed by atoms with Gasteiger partial charge in [-0.05, 0) is 54.8 Å². The zero-order valence-corrected chi connectivity index (χ0v) is 17.7. The average molecular weight is 425 g/mol. The quantitative estimate of drug-likeness (QED) is 0.646. The fraction of sp³-hybridized carbons (Fsp3) is 0.350. The first-order valence-corrected chi connectivity index (χ1v) is 10.8. The van der Waals surface area contributed by atoms with E-state index in [1.807, 2.05) is 13.8 Å². The van der Waals surface area contributed by atoms with Crippen LogP contribution >= 0.6 is 11.6 Å². The van der Waals surface area contributed by atoms with Gasteiger partial charge in [0.15, 0.2) is 6.10 Å². The van der Waals surface area contributed by atoms with E-state index < -0.39 is 16.1 Å². The number of ether oxygens (including phenoxy) is 1. The molecular formula is C20H25ClN2O4S. The molecule has 152 valence electrons. The van der Waals surface area contributed by atoms with E-state index in [-0.39, 0.29) is 17.3 Å². The molecule has 0 fully saturated rings. The van der Waals surface area contributed by atoms with Crippen LogP contribution in [0.2, 0.25) is 5.02 Å². The Balaban J connectivity index is 1.94. The fourth-order valence-corrected chi connectivity index (χ4v) is 3.41. The van der Waals surface area contributed by atoms with Gasteiger partial charge in [0.05, 0.1) is 4.90 Å². The van der Waals surface area contributed by atoms with E-state index >= 15 is 0 Å². The molecule has 0 bridgehead atoms. The van der Waals surface area contributed by atoms with Gasteiger partial charge in [-0.3, -0.25) is 4.79 Å². The molecule has 0 aliphatic carbocycles. The van der Waals surface area contributed by atoms with E-state index in [0.717, 1.165) is 5.56 Å². The molecule has 8 heteroatoms. The van der Waals surface area contributed by atoms with Crippen LogP contribution in [-0.4, -0.2) is 27.0 Å². The van der Waals surface area contributed by atoms with Gasteiger partial charge in [-0.1, -0.05) is 37.6 Å². The van der Waals surface area contributed by atoms with E-state index in [9.17, 15) is 13.2 Å². The molecule has 0 aliphatic heterocycles. The molecule has 0 aliphatic rings. The number of benzene rings is 2. The highest BCUT2D eigenvalue weighted by molar-refractivity contribution is 7.89. The summed E-state index contributed by atoms with van der Waals surface area (Å²) >= 11 is 5.82. The Morgan fingerprint density at radius 1 is 1.04 bits per heavy atom. The van der Waals surface area contributed by atoms with Crippen molar-refractivity contribution < 1.29 is 17.9 Å². The first-order chi connectivity index (χ1) is 13.2. The summed E-state index contributed by atoms with van der Waals surface area (Å²) in [5.74, 6) is 0.555. The largest absolute Gasteiger partial charge is 0.481 e. The van der Waals surface area contributed by atoms with Crippen molar-refractivity contribution in [2.75, 3.05) is 6.54 Å². The van der Waals surface area contributed by atoms with Crippen LogP contribution < -0.4 is 14.8 Å². The second-order valence-electron chi connectivity index (χ2n) is 6.82. The molecule has 28 heavy (non-hydrogen) atoms. The third-order valence-electron chi connectivity index (χ3n) is 3.88. The minimum absolute atomic E-state index is 0.116. The third-order valence-corrected chi connectivity index (χ3v) is 5.55. The number of nitrogens with one attached hydrogen (secondary N) is 2. The first-order valence-electron chi connectivity index (χ1n) is 8.96. The molecule has 0 heterocycles. The Bertz CT molecular complexity index is 881. The molecule has 2 aromatic rings. The minimum atomic E-state index is -3.67. The van der Waals surface area contributed by atoms with Crippen molar-refractivity contribution in [1.82, 2.24) is 10.0 Å². The SMILES string of the molecule is CC(C)CNC(=O)[C@@H](C)Oc1ccc(S(=O)(=O)NCc2ccc(Cl)cc2)cc1. The smallest absolute Gasteiger partial charge is 0.260 e. The maximum Gasteiger partial charge on any atom is 0.260 e. The number of rotatable bonds is 9. The van der Waals surface area contributed by atoms with Crippen LogP contribution in [0.3, 0.4) is 0 Å². The topological polar surface area (TPSA) is 84.5 Å². The summed E-state index contributed by atoms with van der Waals surface area (Å²) in [6.45, 7) is 6.39. The number of sulfonamides is 1. The molecule has 0 unspecified atom stereocenters. The predicted octanol–water partition coefficient (Wildman–Crippen LogP) is 3.36. The molecule has 2 rings (SSSR count). The van der Waals surface area contributed by atoms with Gasteiger partial charge in [-0.15, -0.1) is 0 Å². The van der Waals surface area contributed by atoms with Crippen molar-refractivity contribution in [3.63, 3.8) is 0 Å². The molecule has 2 aromatic carbocycles. The Morgan fingerprint density at radius 2 is 1.64 bits per heavy atom. The standard InChI is InChI=1S/C20H25ClN2O4S/c1-14(2)12-22-20(24)15(3)27-18-8-10-19(11-9-18)28(25,26)23-13-16-4-6-17(21)7-5-16/h4-11,14-15,23H,12-13H2,1-3H3,(H,22,24)/t15-/m1/s1. The summed E-state index contributed by atoms with van der Waals surface area (Å²) in [6, 6.07) is 12.9. The molecule has 0 aromatic heterocycles. The summed E-state index contributed by atoms with van der Waals surface area (Å²) in [7, 11) is -3.67. The summed E-state index contributed by atoms with van der Waals surface area (Å²) < 4.78 is 33.0. The van der Waals surface area contributed by atoms with Gasteiger partial charge in [0.2, 0.25) is 10.0 Å². The maximum absolute atomic E-state index is 12.4. The van der Waals surface area contributed by atoms with Crippen LogP contribution in [0.15, 0.2) is 53.4 Å². The molecule has 0 spiro atoms. The van der Waals surface area contributed by atoms with Crippen molar-refractivity contribution in [1.29, 1.82) is 0 Å². The third kappa shape index (κ3) is 6.82. The lowest BCUT2D eigenvalue weighted by atomic mass is 10.2. The van der Waals surface area contributed by atoms with Gasteiger partial charge in [0, 0.05) is 18.1 Å². The predicted molar refractivity (Wildman–Crippen MR) is 110 cm³/mol. The van der Waals surface area contributed by atoms with Crippen molar-refractivity contribution >= 4 is 27.5 Å². The zero-order valence-electron chi connectivity index (χ0n) is 16.1. The van der Waals surface area contributed by atoms with Gasteiger partial charge in [-0.2, -0.15) is 0 Å². The fourth-order valence-electron chi connectivity index (χ4n) is 2.27. The number of hydrogen-bond acceptors (Lipinski definition) is 4. The van der Waals surface area contributed by atoms with Crippen LogP contribution in [0.25, 0.3) is 0 Å². The summed E-state index contributed by atoms with van der Waals surface area (Å²) in [5, 5.41) is 3.39. The van der Waals surface area contributed by atoms with Crippen molar-refractivity contribution in [2.24, 2.45) is 5.92 Å². The monoisotopic (exact) mass is 424 g/mol. The lowest BCUT2D eigenvalue weighted by molar-refractivity contribution is -0.127. The number of carbonyl (C=O) groups excluding carboxylic acids is 1. The van der Waals surface area contributed by atoms with Crippen LogP contribution in [0.1, 0.15) is 26.3 Å². The summed E-state index contributed by atoms with van der Waals surface area (Å²) in [6.07, 6.45) is -0.677. The van der Waals surface area contributed by atoms with Gasteiger partial charge < -0.3 is 10.1 Å². The van der Waals surface area contributed by atoms with Gasteiger partial charge in [0.1, 0.15) is 5.75 Å². The minimum Gasteiger partial charge on any atom is -0.481 e. The van der Waals surface area contributed by atoms with Crippen molar-refractivity contribution in [3.05, 3.63) is 59.1 Å². The van der Waals surface area contributed by atoms with Crippen molar-refractivity contribution in [2.45, 2.75) is 38.3 Å². The second kappa shape index (κ2) is 9.91. The van der Waals surface area contributed by atoms with E-state index in [4.69, 9.17) is 16.3 Å². The normalized spacial score (nSPS) is 12.6. The van der Waals surface area contributed by atoms with Gasteiger partial charge in [0.25, 0.3) is 5.91 Å². The van der Waals surface area contributed by atoms with Crippen LogP contribution in [0.5, 0.6) is 5.75 Å². The molecule has 0 saturated carbocycles. The molecular weight excluding hydrogens is 400 g/mol. The highest BCUT2D eigenvalue weighted by atomic mass is 35.5. The molecule has 0 saturated heterocycles. The number of halogens is 1. The lowest BCUT2D eigenvalue weighted by Gasteiger charge is -2.16. The Labute approximate surface area is 171 Å². The second-order valence-corrected chi connectivity index (χ2v) is 9.02. The molecule has 1 atom stereocenters. The Hall–Kier alpha value is -2.09. The Morgan fingerprint density at radius 3 is 2.21 bits per heavy atom. The molecule has 2 N–H and O–H groups in total. The number of amides is 1. The van der Waals surface area contributed by atoms with Gasteiger partial charge >= 0.3 is 0 Å². The van der Waals surface area contributed by atoms with E-state index in [2.05, 4.69) is 10.0 Å². The van der Waals surface area contributed by atoms with E-state index in [0.29, 0.717) is 23.2 Å². The molecule has 1 amide bonds. The first kappa shape index (κ1) is 22.2. The van der Waals surface area contributed by atoms with E-state index in [1.165, 1.54) is 24.3 Å². The van der Waals surface area contributed by atoms with Crippen LogP contribution in [0, 0.1) is 5.92 Å². The van der Waals surface area contributed by atoms with Crippen molar-refractivity contribution in [3.8, 4) is 5.75 Å². The highest BCUT2D eigenvalue weighted by Crippen LogP contribution is 2.18.